The molecular weight excluding hydrogens is 444 g/mol. The Bertz CT molecular complexity index is 943. The number of aromatic nitrogens is 2. The Balaban J connectivity index is 1.10. The second kappa shape index (κ2) is 10.7. The predicted octanol–water partition coefficient (Wildman–Crippen LogP) is 3.11. The minimum atomic E-state index is -0.318. The van der Waals surface area contributed by atoms with Crippen LogP contribution < -0.4 is 10.6 Å². The molecule has 8 heteroatoms. The Kier molecular flexibility index (Phi) is 7.46. The Hall–Kier alpha value is -2.03. The third-order valence-corrected chi connectivity index (χ3v) is 8.72. The first-order valence-electron chi connectivity index (χ1n) is 12.8. The average molecular weight is 483 g/mol. The summed E-state index contributed by atoms with van der Waals surface area (Å²) in [6, 6.07) is 13.0. The SMILES string of the molecule is Cc1cc(N2CCN(C3CCC(C[C@H](N)C(=O)N4CCSC4)CC3)CC2)n(-c2ccccc2)n1. The number of hydrogen-bond donors (Lipinski definition) is 1. The highest BCUT2D eigenvalue weighted by Crippen LogP contribution is 2.32. The molecule has 0 spiro atoms. The average Bonchev–Trinajstić information content (AvgIpc) is 3.55. The van der Waals surface area contributed by atoms with Crippen LogP contribution in [-0.2, 0) is 4.79 Å². The maximum Gasteiger partial charge on any atom is 0.240 e. The zero-order valence-electron chi connectivity index (χ0n) is 20.3. The molecule has 1 aromatic carbocycles. The van der Waals surface area contributed by atoms with E-state index in [1.54, 1.807) is 0 Å². The van der Waals surface area contributed by atoms with Crippen LogP contribution in [0.3, 0.4) is 0 Å². The molecule has 2 aromatic rings. The first kappa shape index (κ1) is 23.7. The molecule has 0 bridgehead atoms. The summed E-state index contributed by atoms with van der Waals surface area (Å²) in [5.41, 5.74) is 8.48. The van der Waals surface area contributed by atoms with Gasteiger partial charge in [-0.3, -0.25) is 9.69 Å². The number of thioether (sulfide) groups is 1. The van der Waals surface area contributed by atoms with E-state index in [0.29, 0.717) is 12.0 Å². The molecule has 1 aliphatic carbocycles. The number of para-hydroxylation sites is 1. The van der Waals surface area contributed by atoms with Gasteiger partial charge in [0.25, 0.3) is 0 Å². The van der Waals surface area contributed by atoms with Gasteiger partial charge in [-0.1, -0.05) is 18.2 Å². The fraction of sp³-hybridized carbons (Fsp3) is 0.615. The third-order valence-electron chi connectivity index (χ3n) is 7.75. The first-order chi connectivity index (χ1) is 16.6. The monoisotopic (exact) mass is 482 g/mol. The van der Waals surface area contributed by atoms with Gasteiger partial charge in [0.15, 0.2) is 0 Å². The number of anilines is 1. The van der Waals surface area contributed by atoms with E-state index in [-0.39, 0.29) is 11.9 Å². The summed E-state index contributed by atoms with van der Waals surface area (Å²) in [6.45, 7) is 7.19. The maximum absolute atomic E-state index is 12.6. The number of carbonyl (C=O) groups excluding carboxylic acids is 1. The first-order valence-corrected chi connectivity index (χ1v) is 14.0. The standard InChI is InChI=1S/C26H38N6OS/c1-20-17-25(32(28-20)23-5-3-2-4-6-23)30-13-11-29(12-14-30)22-9-7-21(8-10-22)18-24(27)26(33)31-15-16-34-19-31/h2-6,17,21-22,24H,7-16,18-19,27H2,1H3/t21?,22?,24-/m0/s1. The summed E-state index contributed by atoms with van der Waals surface area (Å²) < 4.78 is 2.08. The van der Waals surface area contributed by atoms with Crippen LogP contribution in [0.25, 0.3) is 5.69 Å². The van der Waals surface area contributed by atoms with Crippen molar-refractivity contribution < 1.29 is 4.79 Å². The molecule has 3 heterocycles. The number of hydrogen-bond acceptors (Lipinski definition) is 6. The van der Waals surface area contributed by atoms with Crippen LogP contribution >= 0.6 is 11.8 Å². The van der Waals surface area contributed by atoms with Crippen molar-refractivity contribution in [3.05, 3.63) is 42.1 Å². The van der Waals surface area contributed by atoms with Gasteiger partial charge in [0.05, 0.1) is 23.3 Å². The van der Waals surface area contributed by atoms with Crippen LogP contribution in [0.15, 0.2) is 36.4 Å². The van der Waals surface area contributed by atoms with Crippen molar-refractivity contribution in [2.75, 3.05) is 49.3 Å². The molecule has 34 heavy (non-hydrogen) atoms. The van der Waals surface area contributed by atoms with Gasteiger partial charge in [-0.2, -0.15) is 5.10 Å². The van der Waals surface area contributed by atoms with Crippen LogP contribution in [-0.4, -0.2) is 81.9 Å². The van der Waals surface area contributed by atoms with Crippen LogP contribution in [0.4, 0.5) is 5.82 Å². The number of rotatable bonds is 6. The summed E-state index contributed by atoms with van der Waals surface area (Å²) >= 11 is 1.83. The number of piperazine rings is 1. The number of amides is 1. The van der Waals surface area contributed by atoms with Gasteiger partial charge in [-0.25, -0.2) is 4.68 Å². The lowest BCUT2D eigenvalue weighted by Crippen LogP contribution is -2.51. The van der Waals surface area contributed by atoms with Gasteiger partial charge >= 0.3 is 0 Å². The fourth-order valence-corrected chi connectivity index (χ4v) is 6.77. The van der Waals surface area contributed by atoms with Gasteiger partial charge in [-0.15, -0.1) is 11.8 Å². The highest BCUT2D eigenvalue weighted by Gasteiger charge is 2.32. The van der Waals surface area contributed by atoms with Gasteiger partial charge in [0.1, 0.15) is 5.82 Å². The van der Waals surface area contributed by atoms with Gasteiger partial charge in [0, 0.05) is 50.6 Å². The van der Waals surface area contributed by atoms with Gasteiger partial charge in [0.2, 0.25) is 5.91 Å². The molecule has 0 unspecified atom stereocenters. The lowest BCUT2D eigenvalue weighted by molar-refractivity contribution is -0.131. The molecule has 3 aliphatic rings. The molecule has 0 radical (unpaired) electrons. The summed E-state index contributed by atoms with van der Waals surface area (Å²) in [5, 5.41) is 4.76. The Labute approximate surface area is 207 Å². The van der Waals surface area contributed by atoms with E-state index in [2.05, 4.69) is 51.7 Å². The van der Waals surface area contributed by atoms with Crippen molar-refractivity contribution in [2.24, 2.45) is 11.7 Å². The quantitative estimate of drug-likeness (QED) is 0.682. The van der Waals surface area contributed by atoms with Crippen molar-refractivity contribution in [2.45, 2.75) is 51.1 Å². The van der Waals surface area contributed by atoms with Crippen LogP contribution in [0, 0.1) is 12.8 Å². The van der Waals surface area contributed by atoms with E-state index in [4.69, 9.17) is 10.8 Å². The molecule has 1 saturated carbocycles. The molecule has 5 rings (SSSR count). The molecule has 2 aliphatic heterocycles. The van der Waals surface area contributed by atoms with Crippen LogP contribution in [0.1, 0.15) is 37.8 Å². The van der Waals surface area contributed by atoms with Crippen LogP contribution in [0.2, 0.25) is 0 Å². The third kappa shape index (κ3) is 5.29. The lowest BCUT2D eigenvalue weighted by atomic mass is 9.81. The summed E-state index contributed by atoms with van der Waals surface area (Å²) in [5.74, 6) is 3.81. The van der Waals surface area contributed by atoms with E-state index in [0.717, 1.165) is 62.2 Å². The number of benzene rings is 1. The maximum atomic E-state index is 12.6. The van der Waals surface area contributed by atoms with Crippen molar-refractivity contribution in [1.82, 2.24) is 19.6 Å². The van der Waals surface area contributed by atoms with Crippen molar-refractivity contribution >= 4 is 23.5 Å². The normalized spacial score (nSPS) is 25.0. The second-order valence-electron chi connectivity index (χ2n) is 10.1. The predicted molar refractivity (Wildman–Crippen MR) is 139 cm³/mol. The molecule has 2 saturated heterocycles. The van der Waals surface area contributed by atoms with E-state index < -0.39 is 0 Å². The Morgan fingerprint density at radius 1 is 1.09 bits per heavy atom. The number of nitrogens with zero attached hydrogens (tertiary/aromatic N) is 5. The number of carbonyl (C=O) groups is 1. The highest BCUT2D eigenvalue weighted by molar-refractivity contribution is 7.99. The molecular formula is C26H38N6OS. The molecule has 1 aromatic heterocycles. The summed E-state index contributed by atoms with van der Waals surface area (Å²) in [6.07, 6.45) is 5.70. The van der Waals surface area contributed by atoms with E-state index >= 15 is 0 Å². The highest BCUT2D eigenvalue weighted by atomic mass is 32.2. The van der Waals surface area contributed by atoms with E-state index in [1.165, 1.54) is 31.5 Å². The molecule has 3 fully saturated rings. The minimum absolute atomic E-state index is 0.160. The van der Waals surface area contributed by atoms with Crippen molar-refractivity contribution in [3.63, 3.8) is 0 Å². The fourth-order valence-electron chi connectivity index (χ4n) is 5.81. The molecule has 2 N–H and O–H groups in total. The zero-order valence-corrected chi connectivity index (χ0v) is 21.1. The summed E-state index contributed by atoms with van der Waals surface area (Å²) in [4.78, 5) is 19.7. The Morgan fingerprint density at radius 3 is 2.50 bits per heavy atom. The number of aryl methyl sites for hydroxylation is 1. The van der Waals surface area contributed by atoms with Crippen molar-refractivity contribution in [1.29, 1.82) is 0 Å². The zero-order chi connectivity index (χ0) is 23.5. The molecule has 184 valence electrons. The second-order valence-corrected chi connectivity index (χ2v) is 11.1. The minimum Gasteiger partial charge on any atom is -0.354 e. The molecule has 7 nitrogen and oxygen atoms in total. The van der Waals surface area contributed by atoms with Crippen molar-refractivity contribution in [3.8, 4) is 5.69 Å². The van der Waals surface area contributed by atoms with E-state index in [9.17, 15) is 4.79 Å². The molecule has 1 atom stereocenters. The Morgan fingerprint density at radius 2 is 1.82 bits per heavy atom. The largest absolute Gasteiger partial charge is 0.354 e. The smallest absolute Gasteiger partial charge is 0.240 e. The summed E-state index contributed by atoms with van der Waals surface area (Å²) in [7, 11) is 0. The molecule has 1 amide bonds. The number of nitrogens with two attached hydrogens (primary N) is 1. The lowest BCUT2D eigenvalue weighted by Gasteiger charge is -2.42. The van der Waals surface area contributed by atoms with Gasteiger partial charge in [-0.05, 0) is 57.1 Å². The van der Waals surface area contributed by atoms with Crippen LogP contribution in [0.5, 0.6) is 0 Å². The topological polar surface area (TPSA) is 70.6 Å². The van der Waals surface area contributed by atoms with Gasteiger partial charge < -0.3 is 15.5 Å². The van der Waals surface area contributed by atoms with E-state index in [1.807, 2.05) is 22.7 Å².